The molecule has 0 aliphatic heterocycles. The molecule has 0 aliphatic rings. The molecule has 4 aromatic rings. The molecule has 3 nitrogen and oxygen atoms in total. The molecule has 92 valence electrons. The molecule has 0 amide bonds. The van der Waals surface area contributed by atoms with Gasteiger partial charge in [-0.2, -0.15) is 0 Å². The zero-order chi connectivity index (χ0) is 12.8. The van der Waals surface area contributed by atoms with Crippen molar-refractivity contribution >= 4 is 44.1 Å². The van der Waals surface area contributed by atoms with E-state index in [2.05, 4.69) is 9.97 Å². The van der Waals surface area contributed by atoms with E-state index in [1.165, 1.54) is 6.33 Å². The van der Waals surface area contributed by atoms with Crippen LogP contribution in [0.25, 0.3) is 31.8 Å². The van der Waals surface area contributed by atoms with Gasteiger partial charge in [0.05, 0.1) is 15.1 Å². The first-order valence-electron chi connectivity index (χ1n) is 5.70. The fourth-order valence-electron chi connectivity index (χ4n) is 2.05. The van der Waals surface area contributed by atoms with E-state index < -0.39 is 0 Å². The van der Waals surface area contributed by atoms with Crippen LogP contribution in [0.15, 0.2) is 47.1 Å². The van der Waals surface area contributed by atoms with Crippen molar-refractivity contribution in [2.24, 2.45) is 0 Å². The summed E-state index contributed by atoms with van der Waals surface area (Å²) in [5, 5.41) is 1.57. The van der Waals surface area contributed by atoms with Crippen molar-refractivity contribution in [3.05, 3.63) is 47.9 Å². The molecule has 0 aliphatic carbocycles. The smallest absolute Gasteiger partial charge is 0.150 e. The molecule has 0 spiro atoms. The SMILES string of the molecule is Clc1ncnc2cc(-c3cc4ccccc4o3)sc12. The lowest BCUT2D eigenvalue weighted by Gasteiger charge is -1.88. The first-order valence-corrected chi connectivity index (χ1v) is 6.90. The van der Waals surface area contributed by atoms with E-state index in [1.54, 1.807) is 11.3 Å². The number of para-hydroxylation sites is 1. The Hall–Kier alpha value is -1.91. The van der Waals surface area contributed by atoms with Crippen LogP contribution in [0.2, 0.25) is 5.15 Å². The van der Waals surface area contributed by atoms with Crippen molar-refractivity contribution in [1.29, 1.82) is 0 Å². The standard InChI is InChI=1S/C14H7ClN2OS/c15-14-13-9(16-7-17-14)6-12(19-13)11-5-8-3-1-2-4-10(8)18-11/h1-7H. The minimum Gasteiger partial charge on any atom is -0.455 e. The number of benzene rings is 1. The lowest BCUT2D eigenvalue weighted by molar-refractivity contribution is 0.633. The molecule has 3 aromatic heterocycles. The predicted molar refractivity (Wildman–Crippen MR) is 77.6 cm³/mol. The van der Waals surface area contributed by atoms with Crippen LogP contribution in [0.1, 0.15) is 0 Å². The van der Waals surface area contributed by atoms with Gasteiger partial charge in [0.25, 0.3) is 0 Å². The molecule has 0 unspecified atom stereocenters. The minimum absolute atomic E-state index is 0.484. The Kier molecular flexibility index (Phi) is 2.33. The Morgan fingerprint density at radius 2 is 2.00 bits per heavy atom. The maximum Gasteiger partial charge on any atom is 0.150 e. The summed E-state index contributed by atoms with van der Waals surface area (Å²) in [4.78, 5) is 9.21. The Labute approximate surface area is 117 Å². The molecule has 0 atom stereocenters. The number of nitrogens with zero attached hydrogens (tertiary/aromatic N) is 2. The average molecular weight is 287 g/mol. The molecule has 1 aromatic carbocycles. The zero-order valence-electron chi connectivity index (χ0n) is 9.63. The summed E-state index contributed by atoms with van der Waals surface area (Å²) < 4.78 is 6.73. The van der Waals surface area contributed by atoms with E-state index in [9.17, 15) is 0 Å². The third kappa shape index (κ3) is 1.72. The van der Waals surface area contributed by atoms with Gasteiger partial charge in [-0.1, -0.05) is 29.8 Å². The molecule has 4 rings (SSSR count). The molecule has 0 N–H and O–H groups in total. The van der Waals surface area contributed by atoms with E-state index >= 15 is 0 Å². The summed E-state index contributed by atoms with van der Waals surface area (Å²) in [6, 6.07) is 12.0. The van der Waals surface area contributed by atoms with Crippen LogP contribution < -0.4 is 0 Å². The molecule has 0 saturated heterocycles. The first-order chi connectivity index (χ1) is 9.31. The molecule has 0 saturated carbocycles. The Morgan fingerprint density at radius 1 is 1.11 bits per heavy atom. The van der Waals surface area contributed by atoms with Gasteiger partial charge in [0.15, 0.2) is 0 Å². The molecular formula is C14H7ClN2OS. The first kappa shape index (κ1) is 11.0. The third-order valence-corrected chi connectivity index (χ3v) is 4.48. The number of fused-ring (bicyclic) bond motifs is 2. The maximum absolute atomic E-state index is 6.07. The number of hydrogen-bond donors (Lipinski definition) is 0. The Morgan fingerprint density at radius 3 is 2.84 bits per heavy atom. The fourth-order valence-corrected chi connectivity index (χ4v) is 3.25. The number of rotatable bonds is 1. The molecule has 5 heteroatoms. The largest absolute Gasteiger partial charge is 0.455 e. The Balaban J connectivity index is 1.96. The van der Waals surface area contributed by atoms with Crippen molar-refractivity contribution in [3.8, 4) is 10.6 Å². The number of furan rings is 1. The lowest BCUT2D eigenvalue weighted by atomic mass is 10.2. The fraction of sp³-hybridized carbons (Fsp3) is 0. The van der Waals surface area contributed by atoms with E-state index in [-0.39, 0.29) is 0 Å². The quantitative estimate of drug-likeness (QED) is 0.474. The molecule has 19 heavy (non-hydrogen) atoms. The van der Waals surface area contributed by atoms with Gasteiger partial charge in [-0.15, -0.1) is 11.3 Å². The summed E-state index contributed by atoms with van der Waals surface area (Å²) >= 11 is 7.61. The van der Waals surface area contributed by atoms with E-state index in [4.69, 9.17) is 16.0 Å². The third-order valence-electron chi connectivity index (χ3n) is 2.94. The van der Waals surface area contributed by atoms with Crippen LogP contribution in [-0.4, -0.2) is 9.97 Å². The normalized spacial score (nSPS) is 11.4. The topological polar surface area (TPSA) is 38.9 Å². The van der Waals surface area contributed by atoms with Crippen LogP contribution in [0.4, 0.5) is 0 Å². The van der Waals surface area contributed by atoms with Gasteiger partial charge >= 0.3 is 0 Å². The number of hydrogen-bond acceptors (Lipinski definition) is 4. The second-order valence-electron chi connectivity index (χ2n) is 4.14. The number of thiophene rings is 1. The van der Waals surface area contributed by atoms with Crippen LogP contribution in [0, 0.1) is 0 Å². The highest BCUT2D eigenvalue weighted by atomic mass is 35.5. The van der Waals surface area contributed by atoms with Gasteiger partial charge in [0.1, 0.15) is 22.8 Å². The van der Waals surface area contributed by atoms with Crippen molar-refractivity contribution in [2.45, 2.75) is 0 Å². The lowest BCUT2D eigenvalue weighted by Crippen LogP contribution is -1.76. The van der Waals surface area contributed by atoms with Crippen LogP contribution >= 0.6 is 22.9 Å². The highest BCUT2D eigenvalue weighted by Crippen LogP contribution is 2.37. The summed E-state index contributed by atoms with van der Waals surface area (Å²) in [6.45, 7) is 0. The van der Waals surface area contributed by atoms with Crippen molar-refractivity contribution in [2.75, 3.05) is 0 Å². The second-order valence-corrected chi connectivity index (χ2v) is 5.55. The average Bonchev–Trinajstić information content (AvgIpc) is 3.02. The van der Waals surface area contributed by atoms with E-state index in [0.29, 0.717) is 5.15 Å². The van der Waals surface area contributed by atoms with Crippen molar-refractivity contribution in [1.82, 2.24) is 9.97 Å². The van der Waals surface area contributed by atoms with Crippen LogP contribution in [-0.2, 0) is 0 Å². The molecule has 0 bridgehead atoms. The van der Waals surface area contributed by atoms with Crippen molar-refractivity contribution < 1.29 is 4.42 Å². The van der Waals surface area contributed by atoms with E-state index in [1.807, 2.05) is 36.4 Å². The van der Waals surface area contributed by atoms with Gasteiger partial charge in [0, 0.05) is 5.39 Å². The van der Waals surface area contributed by atoms with Gasteiger partial charge < -0.3 is 4.42 Å². The minimum atomic E-state index is 0.484. The van der Waals surface area contributed by atoms with E-state index in [0.717, 1.165) is 31.8 Å². The predicted octanol–water partition coefficient (Wildman–Crippen LogP) is 4.76. The van der Waals surface area contributed by atoms with Crippen LogP contribution in [0.3, 0.4) is 0 Å². The van der Waals surface area contributed by atoms with Gasteiger partial charge in [-0.3, -0.25) is 0 Å². The maximum atomic E-state index is 6.07. The van der Waals surface area contributed by atoms with Gasteiger partial charge in [-0.05, 0) is 18.2 Å². The number of aromatic nitrogens is 2. The van der Waals surface area contributed by atoms with Gasteiger partial charge in [0.2, 0.25) is 0 Å². The number of halogens is 1. The monoisotopic (exact) mass is 286 g/mol. The van der Waals surface area contributed by atoms with Crippen molar-refractivity contribution in [3.63, 3.8) is 0 Å². The zero-order valence-corrected chi connectivity index (χ0v) is 11.2. The molecule has 0 fully saturated rings. The Bertz CT molecular complexity index is 864. The van der Waals surface area contributed by atoms with Gasteiger partial charge in [-0.25, -0.2) is 9.97 Å². The summed E-state index contributed by atoms with van der Waals surface area (Å²) in [5.74, 6) is 0.834. The molecule has 0 radical (unpaired) electrons. The van der Waals surface area contributed by atoms with Crippen LogP contribution in [0.5, 0.6) is 0 Å². The molecular weight excluding hydrogens is 280 g/mol. The summed E-state index contributed by atoms with van der Waals surface area (Å²) in [5.41, 5.74) is 1.73. The summed E-state index contributed by atoms with van der Waals surface area (Å²) in [7, 11) is 0. The highest BCUT2D eigenvalue weighted by Gasteiger charge is 2.12. The molecule has 3 heterocycles. The second kappa shape index (κ2) is 4.05. The highest BCUT2D eigenvalue weighted by molar-refractivity contribution is 7.22. The summed E-state index contributed by atoms with van der Waals surface area (Å²) in [6.07, 6.45) is 1.47.